The molecule has 3 aromatic carbocycles. The lowest BCUT2D eigenvalue weighted by molar-refractivity contribution is 1.47. The van der Waals surface area contributed by atoms with Crippen LogP contribution in [0.15, 0.2) is 77.7 Å². The van der Waals surface area contributed by atoms with Crippen LogP contribution in [-0.2, 0) is 0 Å². The number of hydrogen-bond donors (Lipinski definition) is 1. The Hall–Kier alpha value is -1.93. The van der Waals surface area contributed by atoms with Gasteiger partial charge in [0.25, 0.3) is 0 Å². The molecule has 0 aliphatic heterocycles. The van der Waals surface area contributed by atoms with Crippen LogP contribution in [0.5, 0.6) is 0 Å². The lowest BCUT2D eigenvalue weighted by Crippen LogP contribution is -1.86. The molecule has 88 valence electrons. The first-order valence-electron chi connectivity index (χ1n) is 5.88. The second kappa shape index (κ2) is 5.15. The molecule has 0 aromatic heterocycles. The lowest BCUT2D eigenvalue weighted by atomic mass is 10.1. The third-order valence-electron chi connectivity index (χ3n) is 2.78. The Morgan fingerprint density at radius 2 is 1.39 bits per heavy atom. The van der Waals surface area contributed by atoms with Gasteiger partial charge in [-0.2, -0.15) is 0 Å². The molecule has 0 saturated carbocycles. The van der Waals surface area contributed by atoms with Gasteiger partial charge in [0.2, 0.25) is 0 Å². The van der Waals surface area contributed by atoms with E-state index in [0.29, 0.717) is 0 Å². The fraction of sp³-hybridized carbons (Fsp3) is 0. The topological polar surface area (TPSA) is 12.0 Å². The van der Waals surface area contributed by atoms with E-state index in [9.17, 15) is 0 Å². The van der Waals surface area contributed by atoms with Gasteiger partial charge in [0.05, 0.1) is 0 Å². The Kier molecular flexibility index (Phi) is 3.20. The quantitative estimate of drug-likeness (QED) is 0.660. The van der Waals surface area contributed by atoms with Crippen molar-refractivity contribution in [2.24, 2.45) is 0 Å². The third kappa shape index (κ3) is 2.49. The average Bonchev–Trinajstić information content (AvgIpc) is 2.46. The van der Waals surface area contributed by atoms with Crippen LogP contribution < -0.4 is 4.72 Å². The standard InChI is InChI=1S/C16H13NS/c1-2-8-16(9-3-1)18-17-15-11-10-13-6-4-5-7-14(13)12-15/h1-12,17H. The molecule has 0 spiro atoms. The maximum Gasteiger partial charge on any atom is 0.0449 e. The summed E-state index contributed by atoms with van der Waals surface area (Å²) >= 11 is 1.63. The molecule has 1 nitrogen and oxygen atoms in total. The predicted molar refractivity (Wildman–Crippen MR) is 79.9 cm³/mol. The number of anilines is 1. The number of nitrogens with one attached hydrogen (secondary N) is 1. The molecule has 0 fully saturated rings. The minimum absolute atomic E-state index is 1.13. The first-order chi connectivity index (χ1) is 8.92. The first-order valence-corrected chi connectivity index (χ1v) is 6.70. The van der Waals surface area contributed by atoms with Crippen LogP contribution in [0.3, 0.4) is 0 Å². The summed E-state index contributed by atoms with van der Waals surface area (Å²) in [5.74, 6) is 0. The van der Waals surface area contributed by atoms with Gasteiger partial charge in [-0.05, 0) is 47.0 Å². The number of rotatable bonds is 3. The maximum absolute atomic E-state index is 3.37. The number of hydrogen-bond acceptors (Lipinski definition) is 2. The number of benzene rings is 3. The molecule has 0 amide bonds. The normalized spacial score (nSPS) is 10.4. The molecule has 3 rings (SSSR count). The summed E-state index contributed by atoms with van der Waals surface area (Å²) in [6.45, 7) is 0. The smallest absolute Gasteiger partial charge is 0.0449 e. The minimum Gasteiger partial charge on any atom is -0.326 e. The van der Waals surface area contributed by atoms with E-state index in [4.69, 9.17) is 0 Å². The SMILES string of the molecule is c1ccc(SNc2ccc3ccccc3c2)cc1. The van der Waals surface area contributed by atoms with Crippen LogP contribution in [0.2, 0.25) is 0 Å². The summed E-state index contributed by atoms with van der Waals surface area (Å²) in [4.78, 5) is 1.21. The van der Waals surface area contributed by atoms with E-state index in [2.05, 4.69) is 59.3 Å². The van der Waals surface area contributed by atoms with Gasteiger partial charge < -0.3 is 4.72 Å². The highest BCUT2D eigenvalue weighted by Gasteiger charge is 1.96. The van der Waals surface area contributed by atoms with Crippen molar-refractivity contribution < 1.29 is 0 Å². The van der Waals surface area contributed by atoms with Gasteiger partial charge >= 0.3 is 0 Å². The van der Waals surface area contributed by atoms with Gasteiger partial charge in [-0.1, -0.05) is 48.5 Å². The van der Waals surface area contributed by atoms with Crippen molar-refractivity contribution in [1.82, 2.24) is 0 Å². The van der Waals surface area contributed by atoms with E-state index >= 15 is 0 Å². The Bertz CT molecular complexity index is 649. The second-order valence-electron chi connectivity index (χ2n) is 4.08. The summed E-state index contributed by atoms with van der Waals surface area (Å²) in [6, 6.07) is 25.1. The van der Waals surface area contributed by atoms with Crippen LogP contribution in [0, 0.1) is 0 Å². The van der Waals surface area contributed by atoms with Gasteiger partial charge in [0.15, 0.2) is 0 Å². The van der Waals surface area contributed by atoms with Crippen LogP contribution in [0.1, 0.15) is 0 Å². The molecule has 18 heavy (non-hydrogen) atoms. The van der Waals surface area contributed by atoms with E-state index in [1.54, 1.807) is 11.9 Å². The zero-order valence-corrected chi connectivity index (χ0v) is 10.7. The van der Waals surface area contributed by atoms with Crippen molar-refractivity contribution in [2.75, 3.05) is 4.72 Å². The monoisotopic (exact) mass is 251 g/mol. The summed E-state index contributed by atoms with van der Waals surface area (Å²) in [6.07, 6.45) is 0. The highest BCUT2D eigenvalue weighted by molar-refractivity contribution is 8.00. The van der Waals surface area contributed by atoms with E-state index < -0.39 is 0 Å². The average molecular weight is 251 g/mol. The first kappa shape index (κ1) is 11.2. The Morgan fingerprint density at radius 3 is 2.22 bits per heavy atom. The molecular weight excluding hydrogens is 238 g/mol. The number of fused-ring (bicyclic) bond motifs is 1. The van der Waals surface area contributed by atoms with E-state index in [0.717, 1.165) is 5.69 Å². The van der Waals surface area contributed by atoms with Crippen LogP contribution in [-0.4, -0.2) is 0 Å². The molecule has 0 aliphatic rings. The molecule has 0 bridgehead atoms. The molecular formula is C16H13NS. The maximum atomic E-state index is 3.37. The minimum atomic E-state index is 1.13. The fourth-order valence-electron chi connectivity index (χ4n) is 1.86. The van der Waals surface area contributed by atoms with Crippen molar-refractivity contribution in [3.8, 4) is 0 Å². The predicted octanol–water partition coefficient (Wildman–Crippen LogP) is 4.96. The molecule has 0 saturated heterocycles. The Morgan fingerprint density at radius 1 is 0.667 bits per heavy atom. The van der Waals surface area contributed by atoms with Crippen LogP contribution in [0.4, 0.5) is 5.69 Å². The van der Waals surface area contributed by atoms with Crippen molar-refractivity contribution in [1.29, 1.82) is 0 Å². The Balaban J connectivity index is 1.79. The van der Waals surface area contributed by atoms with E-state index in [-0.39, 0.29) is 0 Å². The van der Waals surface area contributed by atoms with Gasteiger partial charge in [-0.3, -0.25) is 0 Å². The van der Waals surface area contributed by atoms with E-state index in [1.807, 2.05) is 18.2 Å². The zero-order valence-electron chi connectivity index (χ0n) is 9.84. The van der Waals surface area contributed by atoms with Crippen molar-refractivity contribution in [3.63, 3.8) is 0 Å². The molecule has 3 aromatic rings. The largest absolute Gasteiger partial charge is 0.326 e. The third-order valence-corrected chi connectivity index (χ3v) is 3.63. The van der Waals surface area contributed by atoms with Gasteiger partial charge in [0, 0.05) is 10.6 Å². The van der Waals surface area contributed by atoms with Crippen molar-refractivity contribution in [2.45, 2.75) is 4.90 Å². The molecule has 0 radical (unpaired) electrons. The molecule has 2 heteroatoms. The highest BCUT2D eigenvalue weighted by atomic mass is 32.2. The summed E-state index contributed by atoms with van der Waals surface area (Å²) < 4.78 is 3.37. The Labute approximate surface area is 111 Å². The van der Waals surface area contributed by atoms with Gasteiger partial charge in [-0.15, -0.1) is 0 Å². The second-order valence-corrected chi connectivity index (χ2v) is 4.96. The van der Waals surface area contributed by atoms with Crippen LogP contribution in [0.25, 0.3) is 10.8 Å². The van der Waals surface area contributed by atoms with E-state index in [1.165, 1.54) is 15.7 Å². The van der Waals surface area contributed by atoms with Crippen molar-refractivity contribution >= 4 is 28.4 Å². The van der Waals surface area contributed by atoms with Gasteiger partial charge in [-0.25, -0.2) is 0 Å². The lowest BCUT2D eigenvalue weighted by Gasteiger charge is -2.06. The summed E-state index contributed by atoms with van der Waals surface area (Å²) in [5, 5.41) is 2.53. The summed E-state index contributed by atoms with van der Waals surface area (Å²) in [5.41, 5.74) is 1.13. The molecule has 0 heterocycles. The van der Waals surface area contributed by atoms with Gasteiger partial charge in [0.1, 0.15) is 0 Å². The summed E-state index contributed by atoms with van der Waals surface area (Å²) in [7, 11) is 0. The molecule has 1 N–H and O–H groups in total. The van der Waals surface area contributed by atoms with Crippen LogP contribution >= 0.6 is 11.9 Å². The highest BCUT2D eigenvalue weighted by Crippen LogP contribution is 2.24. The fourth-order valence-corrected chi connectivity index (χ4v) is 2.52. The molecule has 0 unspecified atom stereocenters. The van der Waals surface area contributed by atoms with Crippen molar-refractivity contribution in [3.05, 3.63) is 72.8 Å². The molecule has 0 aliphatic carbocycles. The molecule has 0 atom stereocenters. The zero-order chi connectivity index (χ0) is 12.2.